The molecule has 1 aromatic carbocycles. The maximum Gasteiger partial charge on any atom is 0.0402 e. The minimum Gasteiger partial charge on any atom is -0.384 e. The molecule has 0 aromatic heterocycles. The number of hydrogen-bond acceptors (Lipinski definition) is 2. The van der Waals surface area contributed by atoms with E-state index in [0.717, 1.165) is 24.9 Å². The van der Waals surface area contributed by atoms with Crippen molar-refractivity contribution < 1.29 is 0 Å². The minimum absolute atomic E-state index is 0.751. The van der Waals surface area contributed by atoms with Crippen LogP contribution in [0.3, 0.4) is 0 Å². The van der Waals surface area contributed by atoms with E-state index in [1.165, 1.54) is 42.5 Å². The molecule has 0 heterocycles. The second-order valence-electron chi connectivity index (χ2n) is 5.85. The maximum atomic E-state index is 3.71. The molecule has 1 aromatic rings. The molecule has 0 radical (unpaired) electrons. The monoisotopic (exact) mass is 260 g/mol. The topological polar surface area (TPSA) is 24.1 Å². The first kappa shape index (κ1) is 14.4. The zero-order valence-electron chi connectivity index (χ0n) is 12.6. The predicted octanol–water partition coefficient (Wildman–Crippen LogP) is 3.75. The van der Waals surface area contributed by atoms with E-state index >= 15 is 0 Å². The zero-order valence-corrected chi connectivity index (χ0v) is 12.6. The summed E-state index contributed by atoms with van der Waals surface area (Å²) in [5.41, 5.74) is 4.20. The zero-order chi connectivity index (χ0) is 13.7. The van der Waals surface area contributed by atoms with Crippen LogP contribution in [0.2, 0.25) is 0 Å². The number of benzene rings is 1. The van der Waals surface area contributed by atoms with Gasteiger partial charge in [-0.15, -0.1) is 0 Å². The number of anilines is 1. The molecule has 0 spiro atoms. The highest BCUT2D eigenvalue weighted by Crippen LogP contribution is 2.26. The van der Waals surface area contributed by atoms with Gasteiger partial charge in [-0.25, -0.2) is 0 Å². The Balaban J connectivity index is 1.89. The lowest BCUT2D eigenvalue weighted by molar-refractivity contribution is 0.312. The molecule has 2 nitrogen and oxygen atoms in total. The minimum atomic E-state index is 0.751. The molecule has 106 valence electrons. The summed E-state index contributed by atoms with van der Waals surface area (Å²) in [6.45, 7) is 5.58. The van der Waals surface area contributed by atoms with Crippen LogP contribution in [0, 0.1) is 12.8 Å². The van der Waals surface area contributed by atoms with Crippen molar-refractivity contribution in [3.8, 4) is 0 Å². The van der Waals surface area contributed by atoms with Gasteiger partial charge in [-0.05, 0) is 63.1 Å². The van der Waals surface area contributed by atoms with E-state index in [1.807, 2.05) is 0 Å². The highest BCUT2D eigenvalue weighted by Gasteiger charge is 2.19. The molecule has 1 fully saturated rings. The largest absolute Gasteiger partial charge is 0.384 e. The molecule has 0 atom stereocenters. The van der Waals surface area contributed by atoms with Crippen molar-refractivity contribution in [2.24, 2.45) is 5.92 Å². The Morgan fingerprint density at radius 1 is 1.16 bits per heavy atom. The molecule has 2 N–H and O–H groups in total. The van der Waals surface area contributed by atoms with E-state index in [9.17, 15) is 0 Å². The smallest absolute Gasteiger partial charge is 0.0402 e. The van der Waals surface area contributed by atoms with Crippen molar-refractivity contribution in [3.63, 3.8) is 0 Å². The van der Waals surface area contributed by atoms with Crippen LogP contribution in [0.5, 0.6) is 0 Å². The molecule has 0 saturated heterocycles. The summed E-state index contributed by atoms with van der Waals surface area (Å²) in [7, 11) is 2.09. The fourth-order valence-electron chi connectivity index (χ4n) is 3.18. The maximum absolute atomic E-state index is 3.71. The van der Waals surface area contributed by atoms with Crippen molar-refractivity contribution >= 4 is 5.69 Å². The molecule has 1 aliphatic rings. The van der Waals surface area contributed by atoms with Crippen LogP contribution in [0.4, 0.5) is 5.69 Å². The fraction of sp³-hybridized carbons (Fsp3) is 0.647. The van der Waals surface area contributed by atoms with Gasteiger partial charge in [0.1, 0.15) is 0 Å². The number of hydrogen-bond donors (Lipinski definition) is 2. The van der Waals surface area contributed by atoms with Gasteiger partial charge < -0.3 is 10.6 Å². The molecule has 19 heavy (non-hydrogen) atoms. The third kappa shape index (κ3) is 3.73. The summed E-state index contributed by atoms with van der Waals surface area (Å²) in [6, 6.07) is 7.37. The molecule has 0 amide bonds. The molecule has 0 bridgehead atoms. The Morgan fingerprint density at radius 2 is 1.89 bits per heavy atom. The van der Waals surface area contributed by atoms with Gasteiger partial charge in [0, 0.05) is 18.3 Å². The quantitative estimate of drug-likeness (QED) is 0.842. The average Bonchev–Trinajstić information content (AvgIpc) is 2.46. The van der Waals surface area contributed by atoms with E-state index < -0.39 is 0 Å². The lowest BCUT2D eigenvalue weighted by atomic mass is 9.86. The highest BCUT2D eigenvalue weighted by molar-refractivity contribution is 5.57. The van der Waals surface area contributed by atoms with Crippen LogP contribution in [0.1, 0.15) is 43.7 Å². The number of aryl methyl sites for hydroxylation is 2. The van der Waals surface area contributed by atoms with Crippen LogP contribution in [-0.4, -0.2) is 19.6 Å². The number of para-hydroxylation sites is 1. The first-order valence-corrected chi connectivity index (χ1v) is 7.74. The molecule has 0 unspecified atom stereocenters. The van der Waals surface area contributed by atoms with Crippen LogP contribution in [-0.2, 0) is 6.42 Å². The second-order valence-corrected chi connectivity index (χ2v) is 5.85. The first-order valence-electron chi connectivity index (χ1n) is 7.74. The molecule has 2 rings (SSSR count). The van der Waals surface area contributed by atoms with E-state index in [1.54, 1.807) is 0 Å². The summed E-state index contributed by atoms with van der Waals surface area (Å²) in [5, 5.41) is 7.12. The molecule has 0 aliphatic heterocycles. The summed E-state index contributed by atoms with van der Waals surface area (Å²) in [4.78, 5) is 0. The van der Waals surface area contributed by atoms with Gasteiger partial charge in [0.2, 0.25) is 0 Å². The van der Waals surface area contributed by atoms with Crippen molar-refractivity contribution in [1.29, 1.82) is 0 Å². The van der Waals surface area contributed by atoms with E-state index in [4.69, 9.17) is 0 Å². The van der Waals surface area contributed by atoms with E-state index in [-0.39, 0.29) is 0 Å². The van der Waals surface area contributed by atoms with Gasteiger partial charge in [-0.1, -0.05) is 25.1 Å². The van der Waals surface area contributed by atoms with Crippen molar-refractivity contribution in [2.45, 2.75) is 52.0 Å². The molecular weight excluding hydrogens is 232 g/mol. The number of nitrogens with one attached hydrogen (secondary N) is 2. The normalized spacial score (nSPS) is 23.3. The lowest BCUT2D eigenvalue weighted by Gasteiger charge is -2.29. The predicted molar refractivity (Wildman–Crippen MR) is 83.9 cm³/mol. The molecule has 2 heteroatoms. The van der Waals surface area contributed by atoms with Gasteiger partial charge in [0.15, 0.2) is 0 Å². The van der Waals surface area contributed by atoms with Gasteiger partial charge in [0.25, 0.3) is 0 Å². The number of rotatable bonds is 5. The fourth-order valence-corrected chi connectivity index (χ4v) is 3.18. The van der Waals surface area contributed by atoms with E-state index in [0.29, 0.717) is 0 Å². The molecule has 1 saturated carbocycles. The van der Waals surface area contributed by atoms with Crippen LogP contribution in [0.25, 0.3) is 0 Å². The van der Waals surface area contributed by atoms with Gasteiger partial charge >= 0.3 is 0 Å². The van der Waals surface area contributed by atoms with Gasteiger partial charge in [-0.3, -0.25) is 0 Å². The van der Waals surface area contributed by atoms with E-state index in [2.05, 4.69) is 49.7 Å². The Kier molecular flexibility index (Phi) is 5.26. The Labute approximate surface area is 118 Å². The third-order valence-corrected chi connectivity index (χ3v) is 4.56. The standard InChI is InChI=1S/C17H28N2/c1-4-15-7-5-6-13(2)17(15)19-12-14-8-10-16(18-3)11-9-14/h5-7,14,16,18-19H,4,8-12H2,1-3H3. The Hall–Kier alpha value is -1.02. The molecule has 1 aliphatic carbocycles. The Bertz CT molecular complexity index is 392. The van der Waals surface area contributed by atoms with Crippen molar-refractivity contribution in [2.75, 3.05) is 18.9 Å². The van der Waals surface area contributed by atoms with Crippen molar-refractivity contribution in [1.82, 2.24) is 5.32 Å². The third-order valence-electron chi connectivity index (χ3n) is 4.56. The summed E-state index contributed by atoms with van der Waals surface area (Å²) < 4.78 is 0. The van der Waals surface area contributed by atoms with Gasteiger partial charge in [-0.2, -0.15) is 0 Å². The van der Waals surface area contributed by atoms with Crippen LogP contribution in [0.15, 0.2) is 18.2 Å². The van der Waals surface area contributed by atoms with Gasteiger partial charge in [0.05, 0.1) is 0 Å². The SMILES string of the molecule is CCc1cccc(C)c1NCC1CCC(NC)CC1. The summed E-state index contributed by atoms with van der Waals surface area (Å²) in [6.07, 6.45) is 6.47. The highest BCUT2D eigenvalue weighted by atomic mass is 14.9. The van der Waals surface area contributed by atoms with Crippen LogP contribution < -0.4 is 10.6 Å². The second kappa shape index (κ2) is 6.95. The lowest BCUT2D eigenvalue weighted by Crippen LogP contribution is -2.32. The Morgan fingerprint density at radius 3 is 2.53 bits per heavy atom. The summed E-state index contributed by atoms with van der Waals surface area (Å²) >= 11 is 0. The van der Waals surface area contributed by atoms with Crippen molar-refractivity contribution in [3.05, 3.63) is 29.3 Å². The average molecular weight is 260 g/mol. The molecular formula is C17H28N2. The van der Waals surface area contributed by atoms with Crippen LogP contribution >= 0.6 is 0 Å². The first-order chi connectivity index (χ1) is 9.24. The summed E-state index contributed by atoms with van der Waals surface area (Å²) in [5.74, 6) is 0.842.